The Bertz CT molecular complexity index is 342. The quantitative estimate of drug-likeness (QED) is 0.805. The van der Waals surface area contributed by atoms with Crippen LogP contribution in [0.5, 0.6) is 0 Å². The van der Waals surface area contributed by atoms with Crippen LogP contribution in [0.2, 0.25) is 0 Å². The predicted molar refractivity (Wildman–Crippen MR) is 64.7 cm³/mol. The average Bonchev–Trinajstić information content (AvgIpc) is 2.95. The van der Waals surface area contributed by atoms with Gasteiger partial charge in [-0.2, -0.15) is 0 Å². The Kier molecular flexibility index (Phi) is 3.19. The van der Waals surface area contributed by atoms with Crippen molar-refractivity contribution in [3.8, 4) is 0 Å². The van der Waals surface area contributed by atoms with Gasteiger partial charge in [0.15, 0.2) is 0 Å². The molecule has 1 saturated carbocycles. The van der Waals surface area contributed by atoms with Gasteiger partial charge in [-0.1, -0.05) is 0 Å². The van der Waals surface area contributed by atoms with Crippen molar-refractivity contribution < 1.29 is 4.74 Å². The normalized spacial score (nSPS) is 16.4. The Balaban J connectivity index is 1.91. The molecule has 0 atom stereocenters. The molecule has 90 valence electrons. The van der Waals surface area contributed by atoms with Crippen LogP contribution in [0.15, 0.2) is 12.4 Å². The van der Waals surface area contributed by atoms with Crippen molar-refractivity contribution in [1.82, 2.24) is 9.55 Å². The van der Waals surface area contributed by atoms with Crippen molar-refractivity contribution in [2.45, 2.75) is 45.3 Å². The summed E-state index contributed by atoms with van der Waals surface area (Å²) in [5, 5.41) is 3.37. The number of hydrogen-bond donors (Lipinski definition) is 1. The molecule has 4 heteroatoms. The third kappa shape index (κ3) is 2.76. The number of imidazole rings is 1. The highest BCUT2D eigenvalue weighted by Gasteiger charge is 2.26. The number of aromatic nitrogens is 2. The fourth-order valence-electron chi connectivity index (χ4n) is 1.83. The number of nitrogens with zero attached hydrogens (tertiary/aromatic N) is 2. The highest BCUT2D eigenvalue weighted by Crippen LogP contribution is 2.36. The van der Waals surface area contributed by atoms with Crippen LogP contribution in [0.25, 0.3) is 0 Å². The first-order chi connectivity index (χ1) is 7.62. The lowest BCUT2D eigenvalue weighted by Gasteiger charge is -2.25. The van der Waals surface area contributed by atoms with Crippen molar-refractivity contribution in [3.05, 3.63) is 12.4 Å². The fraction of sp³-hybridized carbons (Fsp3) is 0.750. The first-order valence-corrected chi connectivity index (χ1v) is 6.03. The van der Waals surface area contributed by atoms with E-state index >= 15 is 0 Å². The first-order valence-electron chi connectivity index (χ1n) is 6.03. The number of hydrogen-bond acceptors (Lipinski definition) is 3. The van der Waals surface area contributed by atoms with Gasteiger partial charge < -0.3 is 14.6 Å². The summed E-state index contributed by atoms with van der Waals surface area (Å²) in [6, 6.07) is 0.667. The summed E-state index contributed by atoms with van der Waals surface area (Å²) in [5.41, 5.74) is -0.144. The minimum Gasteiger partial charge on any atom is -0.374 e. The number of ether oxygens (including phenoxy) is 1. The van der Waals surface area contributed by atoms with E-state index in [4.69, 9.17) is 4.74 Å². The van der Waals surface area contributed by atoms with Crippen molar-refractivity contribution in [2.75, 3.05) is 18.5 Å². The molecule has 0 amide bonds. The van der Waals surface area contributed by atoms with Crippen molar-refractivity contribution in [2.24, 2.45) is 0 Å². The molecule has 16 heavy (non-hydrogen) atoms. The van der Waals surface area contributed by atoms with Crippen LogP contribution in [0, 0.1) is 0 Å². The van der Waals surface area contributed by atoms with Gasteiger partial charge >= 0.3 is 0 Å². The van der Waals surface area contributed by atoms with Crippen LogP contribution in [-0.4, -0.2) is 28.3 Å². The van der Waals surface area contributed by atoms with Crippen LogP contribution in [-0.2, 0) is 4.74 Å². The maximum absolute atomic E-state index is 5.64. The molecule has 0 saturated heterocycles. The van der Waals surface area contributed by atoms with E-state index in [1.807, 2.05) is 19.3 Å². The molecule has 0 aliphatic heterocycles. The summed E-state index contributed by atoms with van der Waals surface area (Å²) >= 11 is 0. The summed E-state index contributed by atoms with van der Waals surface area (Å²) in [6.45, 7) is 7.73. The van der Waals surface area contributed by atoms with Crippen LogP contribution < -0.4 is 5.32 Å². The van der Waals surface area contributed by atoms with E-state index in [0.29, 0.717) is 6.04 Å². The van der Waals surface area contributed by atoms with E-state index in [-0.39, 0.29) is 5.60 Å². The highest BCUT2D eigenvalue weighted by atomic mass is 16.5. The second-order valence-corrected chi connectivity index (χ2v) is 4.94. The Morgan fingerprint density at radius 3 is 2.94 bits per heavy atom. The van der Waals surface area contributed by atoms with Gasteiger partial charge in [-0.05, 0) is 33.6 Å². The molecule has 1 aromatic heterocycles. The van der Waals surface area contributed by atoms with E-state index in [1.165, 1.54) is 12.8 Å². The molecular formula is C12H21N3O. The number of rotatable bonds is 6. The Labute approximate surface area is 97.0 Å². The molecule has 0 unspecified atom stereocenters. The Morgan fingerprint density at radius 1 is 1.56 bits per heavy atom. The van der Waals surface area contributed by atoms with Crippen LogP contribution in [0.4, 0.5) is 5.95 Å². The summed E-state index contributed by atoms with van der Waals surface area (Å²) in [5.74, 6) is 0.968. The van der Waals surface area contributed by atoms with E-state index in [2.05, 4.69) is 28.7 Å². The topological polar surface area (TPSA) is 39.1 Å². The first kappa shape index (κ1) is 11.5. The highest BCUT2D eigenvalue weighted by molar-refractivity contribution is 5.28. The van der Waals surface area contributed by atoms with Crippen molar-refractivity contribution >= 4 is 5.95 Å². The standard InChI is InChI=1S/C12H21N3O/c1-4-16-12(2,3)9-14-11-13-7-8-15(11)10-5-6-10/h7-8,10H,4-6,9H2,1-3H3,(H,13,14). The zero-order valence-electron chi connectivity index (χ0n) is 10.4. The minimum absolute atomic E-state index is 0.144. The smallest absolute Gasteiger partial charge is 0.203 e. The summed E-state index contributed by atoms with van der Waals surface area (Å²) in [7, 11) is 0. The van der Waals surface area contributed by atoms with Gasteiger partial charge in [0.05, 0.1) is 5.60 Å². The van der Waals surface area contributed by atoms with Crippen molar-refractivity contribution in [3.63, 3.8) is 0 Å². The Morgan fingerprint density at radius 2 is 2.31 bits per heavy atom. The molecule has 1 aliphatic rings. The molecule has 2 rings (SSSR count). The number of nitrogens with one attached hydrogen (secondary N) is 1. The zero-order valence-corrected chi connectivity index (χ0v) is 10.4. The summed E-state index contributed by atoms with van der Waals surface area (Å²) in [6.07, 6.45) is 6.46. The SMILES string of the molecule is CCOC(C)(C)CNc1nccn1C1CC1. The maximum Gasteiger partial charge on any atom is 0.203 e. The molecule has 0 aromatic carbocycles. The molecule has 1 fully saturated rings. The predicted octanol–water partition coefficient (Wildman–Crippen LogP) is 2.45. The molecule has 1 aromatic rings. The van der Waals surface area contributed by atoms with Gasteiger partial charge in [0.25, 0.3) is 0 Å². The largest absolute Gasteiger partial charge is 0.374 e. The summed E-state index contributed by atoms with van der Waals surface area (Å²) < 4.78 is 7.87. The second-order valence-electron chi connectivity index (χ2n) is 4.94. The minimum atomic E-state index is -0.144. The van der Waals surface area contributed by atoms with E-state index in [0.717, 1.165) is 19.1 Å². The van der Waals surface area contributed by atoms with Gasteiger partial charge in [-0.15, -0.1) is 0 Å². The lowest BCUT2D eigenvalue weighted by Crippen LogP contribution is -2.34. The van der Waals surface area contributed by atoms with Gasteiger partial charge in [-0.25, -0.2) is 4.98 Å². The molecular weight excluding hydrogens is 202 g/mol. The van der Waals surface area contributed by atoms with E-state index in [9.17, 15) is 0 Å². The van der Waals surface area contributed by atoms with Crippen LogP contribution >= 0.6 is 0 Å². The third-order valence-electron chi connectivity index (χ3n) is 2.82. The van der Waals surface area contributed by atoms with Crippen molar-refractivity contribution in [1.29, 1.82) is 0 Å². The average molecular weight is 223 g/mol. The lowest BCUT2D eigenvalue weighted by atomic mass is 10.1. The molecule has 4 nitrogen and oxygen atoms in total. The van der Waals surface area contributed by atoms with E-state index < -0.39 is 0 Å². The fourth-order valence-corrected chi connectivity index (χ4v) is 1.83. The van der Waals surface area contributed by atoms with Gasteiger partial charge in [0, 0.05) is 31.6 Å². The molecule has 1 N–H and O–H groups in total. The Hall–Kier alpha value is -1.03. The molecule has 0 spiro atoms. The lowest BCUT2D eigenvalue weighted by molar-refractivity contribution is 0.000541. The third-order valence-corrected chi connectivity index (χ3v) is 2.82. The monoisotopic (exact) mass is 223 g/mol. The number of anilines is 1. The van der Waals surface area contributed by atoms with Gasteiger partial charge in [0.1, 0.15) is 0 Å². The zero-order chi connectivity index (χ0) is 11.6. The van der Waals surface area contributed by atoms with Gasteiger partial charge in [0.2, 0.25) is 5.95 Å². The summed E-state index contributed by atoms with van der Waals surface area (Å²) in [4.78, 5) is 4.34. The second kappa shape index (κ2) is 4.45. The molecule has 0 radical (unpaired) electrons. The molecule has 0 bridgehead atoms. The molecule has 1 aliphatic carbocycles. The maximum atomic E-state index is 5.64. The van der Waals surface area contributed by atoms with Crippen LogP contribution in [0.1, 0.15) is 39.7 Å². The van der Waals surface area contributed by atoms with Crippen LogP contribution in [0.3, 0.4) is 0 Å². The van der Waals surface area contributed by atoms with Gasteiger partial charge in [-0.3, -0.25) is 0 Å². The molecule has 1 heterocycles. The van der Waals surface area contributed by atoms with E-state index in [1.54, 1.807) is 0 Å².